The number of halogens is 2. The molecule has 0 N–H and O–H groups in total. The number of benzene rings is 3. The predicted molar refractivity (Wildman–Crippen MR) is 142 cm³/mol. The fourth-order valence-corrected chi connectivity index (χ4v) is 6.76. The van der Waals surface area contributed by atoms with Gasteiger partial charge in [0.15, 0.2) is 21.3 Å². The molecule has 1 fully saturated rings. The van der Waals surface area contributed by atoms with E-state index in [2.05, 4.69) is 4.90 Å². The lowest BCUT2D eigenvalue weighted by Crippen LogP contribution is -2.40. The molecule has 4 rings (SSSR count). The standard InChI is InChI=1S/C27H29Cl2NO4S/c1-33-26-10-3-19(17-27(26)34-2)11-14-30-15-12-23(13-16-30)35(31,32)22-7-4-20(5-8-22)24-9-6-21(28)18-25(24)29/h3-10,17-18,23H,11-16H2,1-2H3. The molecule has 0 bridgehead atoms. The fraction of sp³-hybridized carbons (Fsp3) is 0.333. The minimum atomic E-state index is -3.40. The Morgan fingerprint density at radius 2 is 1.57 bits per heavy atom. The summed E-state index contributed by atoms with van der Waals surface area (Å²) in [5.41, 5.74) is 2.84. The summed E-state index contributed by atoms with van der Waals surface area (Å²) >= 11 is 12.3. The van der Waals surface area contributed by atoms with Crippen LogP contribution in [0.5, 0.6) is 11.5 Å². The zero-order chi connectivity index (χ0) is 25.0. The first kappa shape index (κ1) is 25.8. The van der Waals surface area contributed by atoms with E-state index in [1.807, 2.05) is 24.3 Å². The van der Waals surface area contributed by atoms with Crippen molar-refractivity contribution in [3.05, 3.63) is 76.3 Å². The quantitative estimate of drug-likeness (QED) is 0.347. The first-order valence-corrected chi connectivity index (χ1v) is 13.8. The van der Waals surface area contributed by atoms with E-state index in [4.69, 9.17) is 32.7 Å². The van der Waals surface area contributed by atoms with E-state index in [-0.39, 0.29) is 5.25 Å². The van der Waals surface area contributed by atoms with Gasteiger partial charge >= 0.3 is 0 Å². The Morgan fingerprint density at radius 1 is 0.886 bits per heavy atom. The maximum absolute atomic E-state index is 13.3. The molecule has 0 aromatic heterocycles. The summed E-state index contributed by atoms with van der Waals surface area (Å²) in [5, 5.41) is 0.728. The fourth-order valence-electron chi connectivity index (χ4n) is 4.51. The highest BCUT2D eigenvalue weighted by atomic mass is 35.5. The van der Waals surface area contributed by atoms with E-state index in [0.29, 0.717) is 33.5 Å². The second-order valence-corrected chi connectivity index (χ2v) is 11.7. The molecule has 3 aromatic carbocycles. The van der Waals surface area contributed by atoms with Crippen molar-refractivity contribution in [1.82, 2.24) is 4.90 Å². The molecule has 5 nitrogen and oxygen atoms in total. The van der Waals surface area contributed by atoms with Gasteiger partial charge in [-0.2, -0.15) is 0 Å². The van der Waals surface area contributed by atoms with Crippen LogP contribution in [0.15, 0.2) is 65.6 Å². The Balaban J connectivity index is 1.35. The van der Waals surface area contributed by atoms with Gasteiger partial charge in [0.25, 0.3) is 0 Å². The number of sulfone groups is 1. The molecule has 0 unspecified atom stereocenters. The van der Waals surface area contributed by atoms with Crippen LogP contribution >= 0.6 is 23.2 Å². The summed E-state index contributed by atoms with van der Waals surface area (Å²) in [5.74, 6) is 1.44. The van der Waals surface area contributed by atoms with Crippen molar-refractivity contribution in [3.8, 4) is 22.6 Å². The molecule has 186 valence electrons. The summed E-state index contributed by atoms with van der Waals surface area (Å²) in [7, 11) is -0.140. The molecule has 0 spiro atoms. The Morgan fingerprint density at radius 3 is 2.20 bits per heavy atom. The number of likely N-dealkylation sites (tertiary alicyclic amines) is 1. The van der Waals surface area contributed by atoms with Gasteiger partial charge in [-0.15, -0.1) is 0 Å². The second kappa shape index (κ2) is 11.2. The summed E-state index contributed by atoms with van der Waals surface area (Å²) < 4.78 is 37.2. The van der Waals surface area contributed by atoms with Crippen molar-refractivity contribution in [2.75, 3.05) is 33.9 Å². The van der Waals surface area contributed by atoms with Crippen LogP contribution in [-0.4, -0.2) is 52.4 Å². The Kier molecular flexibility index (Phi) is 8.27. The van der Waals surface area contributed by atoms with E-state index in [1.165, 1.54) is 5.56 Å². The van der Waals surface area contributed by atoms with Gasteiger partial charge in [-0.05, 0) is 79.9 Å². The lowest BCUT2D eigenvalue weighted by molar-refractivity contribution is 0.232. The van der Waals surface area contributed by atoms with Gasteiger partial charge in [0.05, 0.1) is 24.4 Å². The Bertz CT molecular complexity index is 1270. The SMILES string of the molecule is COc1ccc(CCN2CCC(S(=O)(=O)c3ccc(-c4ccc(Cl)cc4Cl)cc3)CC2)cc1OC. The molecule has 8 heteroatoms. The van der Waals surface area contributed by atoms with Crippen molar-refractivity contribution >= 4 is 33.0 Å². The normalized spacial score (nSPS) is 15.2. The summed E-state index contributed by atoms with van der Waals surface area (Å²) in [6.07, 6.45) is 2.12. The number of methoxy groups -OCH3 is 2. The van der Waals surface area contributed by atoms with Gasteiger partial charge < -0.3 is 14.4 Å². The highest BCUT2D eigenvalue weighted by molar-refractivity contribution is 7.92. The van der Waals surface area contributed by atoms with Crippen LogP contribution in [0.3, 0.4) is 0 Å². The summed E-state index contributed by atoms with van der Waals surface area (Å²) in [6, 6.07) is 18.2. The van der Waals surface area contributed by atoms with E-state index < -0.39 is 9.84 Å². The van der Waals surface area contributed by atoms with Crippen molar-refractivity contribution in [3.63, 3.8) is 0 Å². The molecule has 0 saturated carbocycles. The van der Waals surface area contributed by atoms with Crippen LogP contribution in [0.2, 0.25) is 10.0 Å². The van der Waals surface area contributed by atoms with E-state index >= 15 is 0 Å². The van der Waals surface area contributed by atoms with Gasteiger partial charge in [0.1, 0.15) is 0 Å². The van der Waals surface area contributed by atoms with E-state index in [1.54, 1.807) is 50.6 Å². The monoisotopic (exact) mass is 533 g/mol. The first-order valence-electron chi connectivity index (χ1n) is 11.5. The van der Waals surface area contributed by atoms with Crippen LogP contribution in [0, 0.1) is 0 Å². The molecule has 0 amide bonds. The van der Waals surface area contributed by atoms with Crippen LogP contribution in [0.25, 0.3) is 11.1 Å². The lowest BCUT2D eigenvalue weighted by atomic mass is 10.1. The average Bonchev–Trinajstić information content (AvgIpc) is 2.87. The van der Waals surface area contributed by atoms with Gasteiger partial charge in [0.2, 0.25) is 0 Å². The number of rotatable bonds is 8. The molecular formula is C27H29Cl2NO4S. The minimum absolute atomic E-state index is 0.357. The smallest absolute Gasteiger partial charge is 0.181 e. The van der Waals surface area contributed by atoms with Crippen molar-refractivity contribution in [1.29, 1.82) is 0 Å². The Hall–Kier alpha value is -2.25. The van der Waals surface area contributed by atoms with Crippen LogP contribution < -0.4 is 9.47 Å². The molecular weight excluding hydrogens is 505 g/mol. The third-order valence-corrected chi connectivity index (χ3v) is 9.39. The average molecular weight is 535 g/mol. The maximum atomic E-state index is 13.3. The van der Waals surface area contributed by atoms with Gasteiger partial charge in [-0.25, -0.2) is 8.42 Å². The molecule has 0 radical (unpaired) electrons. The molecule has 1 aliphatic rings. The molecule has 0 atom stereocenters. The number of hydrogen-bond donors (Lipinski definition) is 0. The third-order valence-electron chi connectivity index (χ3n) is 6.56. The van der Waals surface area contributed by atoms with Gasteiger partial charge in [-0.1, -0.05) is 47.5 Å². The van der Waals surface area contributed by atoms with Gasteiger partial charge in [-0.3, -0.25) is 0 Å². The van der Waals surface area contributed by atoms with Crippen molar-refractivity contribution in [2.24, 2.45) is 0 Å². The summed E-state index contributed by atoms with van der Waals surface area (Å²) in [6.45, 7) is 2.39. The molecule has 1 heterocycles. The molecule has 0 aliphatic carbocycles. The van der Waals surface area contributed by atoms with Crippen LogP contribution in [-0.2, 0) is 16.3 Å². The van der Waals surface area contributed by atoms with Crippen LogP contribution in [0.1, 0.15) is 18.4 Å². The van der Waals surface area contributed by atoms with Crippen LogP contribution in [0.4, 0.5) is 0 Å². The molecule has 1 aliphatic heterocycles. The van der Waals surface area contributed by atoms with Crippen molar-refractivity contribution in [2.45, 2.75) is 29.4 Å². The third kappa shape index (κ3) is 5.95. The van der Waals surface area contributed by atoms with E-state index in [0.717, 1.165) is 42.9 Å². The maximum Gasteiger partial charge on any atom is 0.181 e. The van der Waals surface area contributed by atoms with E-state index in [9.17, 15) is 8.42 Å². The largest absolute Gasteiger partial charge is 0.493 e. The molecule has 3 aromatic rings. The first-order chi connectivity index (χ1) is 16.8. The number of ether oxygens (including phenoxy) is 2. The predicted octanol–water partition coefficient (Wildman–Crippen LogP) is 6.16. The highest BCUT2D eigenvalue weighted by Crippen LogP contribution is 2.32. The highest BCUT2D eigenvalue weighted by Gasteiger charge is 2.31. The summed E-state index contributed by atoms with van der Waals surface area (Å²) in [4.78, 5) is 2.68. The number of nitrogens with zero attached hydrogens (tertiary/aromatic N) is 1. The topological polar surface area (TPSA) is 55.8 Å². The molecule has 1 saturated heterocycles. The molecule has 35 heavy (non-hydrogen) atoms. The van der Waals surface area contributed by atoms with Gasteiger partial charge in [0, 0.05) is 22.2 Å². The van der Waals surface area contributed by atoms with Crippen molar-refractivity contribution < 1.29 is 17.9 Å². The lowest BCUT2D eigenvalue weighted by Gasteiger charge is -2.31. The zero-order valence-electron chi connectivity index (χ0n) is 19.8. The number of hydrogen-bond acceptors (Lipinski definition) is 5. The zero-order valence-corrected chi connectivity index (χ0v) is 22.2. The number of piperidine rings is 1. The second-order valence-electron chi connectivity index (χ2n) is 8.67. The Labute approximate surface area is 217 Å². The minimum Gasteiger partial charge on any atom is -0.493 e.